The molecule has 3 heterocycles. The van der Waals surface area contributed by atoms with Crippen LogP contribution in [0.3, 0.4) is 0 Å². The van der Waals surface area contributed by atoms with Gasteiger partial charge < -0.3 is 10.2 Å². The number of carbonyl (C=O) groups is 1. The summed E-state index contributed by atoms with van der Waals surface area (Å²) < 4.78 is 40.7. The molecule has 0 saturated carbocycles. The summed E-state index contributed by atoms with van der Waals surface area (Å²) in [6.07, 6.45) is 0.309. The summed E-state index contributed by atoms with van der Waals surface area (Å²) in [5.74, 6) is 0.451. The van der Waals surface area contributed by atoms with Crippen LogP contribution in [0.1, 0.15) is 59.6 Å². The Balaban J connectivity index is 0.000000172. The van der Waals surface area contributed by atoms with E-state index in [0.29, 0.717) is 11.9 Å². The Hall–Kier alpha value is -3.29. The van der Waals surface area contributed by atoms with Crippen molar-refractivity contribution in [3.05, 3.63) is 83.0 Å². The van der Waals surface area contributed by atoms with Crippen LogP contribution in [-0.4, -0.2) is 33.8 Å². The third-order valence-corrected chi connectivity index (χ3v) is 6.60. The second kappa shape index (κ2) is 9.91. The lowest BCUT2D eigenvalue weighted by molar-refractivity contribution is -0.173. The second-order valence-corrected chi connectivity index (χ2v) is 8.88. The van der Waals surface area contributed by atoms with E-state index in [9.17, 15) is 18.0 Å². The molecular weight excluding hydrogens is 441 g/mol. The molecule has 2 aliphatic heterocycles. The number of nitrogens with one attached hydrogen (secondary N) is 1. The molecule has 34 heavy (non-hydrogen) atoms. The van der Waals surface area contributed by atoms with Crippen LogP contribution in [0, 0.1) is 13.8 Å². The van der Waals surface area contributed by atoms with Crippen molar-refractivity contribution >= 4 is 12.2 Å². The minimum Gasteiger partial charge on any atom is -0.363 e. The number of hydrogen-bond donors (Lipinski definition) is 1. The molecule has 8 heteroatoms. The van der Waals surface area contributed by atoms with Gasteiger partial charge in [-0.3, -0.25) is 4.79 Å². The number of likely N-dealkylation sites (tertiary alicyclic amines) is 1. The smallest absolute Gasteiger partial charge is 0.363 e. The molecule has 3 atom stereocenters. The summed E-state index contributed by atoms with van der Waals surface area (Å²) in [6, 6.07) is 15.9. The number of aromatic nitrogens is 2. The molecule has 2 aromatic carbocycles. The van der Waals surface area contributed by atoms with E-state index in [1.165, 1.54) is 17.3 Å². The van der Waals surface area contributed by atoms with Crippen molar-refractivity contribution in [1.29, 1.82) is 0 Å². The highest BCUT2D eigenvalue weighted by Gasteiger charge is 2.46. The number of hydrogen-bond acceptors (Lipinski definition) is 3. The van der Waals surface area contributed by atoms with E-state index in [1.54, 1.807) is 6.92 Å². The number of anilines is 1. The fourth-order valence-corrected chi connectivity index (χ4v) is 4.80. The van der Waals surface area contributed by atoms with Gasteiger partial charge in [-0.05, 0) is 43.4 Å². The molecule has 3 unspecified atom stereocenters. The SMILES string of the molecule is Cc1ccccc1C1CCCN1C=O.Cc1cnn2c1NC(c1ccccc1)CC2C(F)(F)F. The molecule has 1 amide bonds. The Morgan fingerprint density at radius 2 is 1.74 bits per heavy atom. The van der Waals surface area contributed by atoms with E-state index < -0.39 is 12.2 Å². The van der Waals surface area contributed by atoms with Gasteiger partial charge in [0.05, 0.1) is 18.3 Å². The van der Waals surface area contributed by atoms with Crippen LogP contribution in [0.5, 0.6) is 0 Å². The molecule has 0 aliphatic carbocycles. The standard InChI is InChI=1S/C14H14F3N3.C12H15NO/c1-9-8-18-20-12(14(15,16)17)7-11(19-13(9)20)10-5-3-2-4-6-10;1-10-5-2-3-6-11(10)12-7-4-8-13(12)9-14/h2-6,8,11-12,19H,7H2,1H3;2-3,5-6,9,12H,4,7-8H2,1H3. The zero-order valence-corrected chi connectivity index (χ0v) is 19.3. The Morgan fingerprint density at radius 1 is 1.03 bits per heavy atom. The van der Waals surface area contributed by atoms with Crippen molar-refractivity contribution in [1.82, 2.24) is 14.7 Å². The number of alkyl halides is 3. The van der Waals surface area contributed by atoms with Gasteiger partial charge in [-0.15, -0.1) is 0 Å². The normalized spacial score (nSPS) is 21.8. The number of halogens is 3. The first-order valence-corrected chi connectivity index (χ1v) is 11.5. The maximum atomic E-state index is 13.2. The van der Waals surface area contributed by atoms with Crippen molar-refractivity contribution in [3.63, 3.8) is 0 Å². The number of rotatable bonds is 3. The Kier molecular flexibility index (Phi) is 6.95. The number of benzene rings is 2. The van der Waals surface area contributed by atoms with Gasteiger partial charge in [0.25, 0.3) is 0 Å². The van der Waals surface area contributed by atoms with Gasteiger partial charge in [-0.1, -0.05) is 54.6 Å². The van der Waals surface area contributed by atoms with E-state index in [-0.39, 0.29) is 12.5 Å². The highest BCUT2D eigenvalue weighted by Crippen LogP contribution is 2.44. The first kappa shape index (κ1) is 23.9. The van der Waals surface area contributed by atoms with Gasteiger partial charge in [0.2, 0.25) is 6.41 Å². The van der Waals surface area contributed by atoms with E-state index in [0.717, 1.165) is 41.6 Å². The van der Waals surface area contributed by atoms with Crippen molar-refractivity contribution in [2.75, 3.05) is 11.9 Å². The maximum Gasteiger partial charge on any atom is 0.410 e. The van der Waals surface area contributed by atoms with E-state index in [4.69, 9.17) is 0 Å². The van der Waals surface area contributed by atoms with E-state index in [1.807, 2.05) is 47.4 Å². The predicted octanol–water partition coefficient (Wildman–Crippen LogP) is 6.14. The van der Waals surface area contributed by atoms with Gasteiger partial charge in [0.15, 0.2) is 6.04 Å². The number of fused-ring (bicyclic) bond motifs is 1. The molecule has 1 fully saturated rings. The zero-order chi connectivity index (χ0) is 24.3. The van der Waals surface area contributed by atoms with Crippen molar-refractivity contribution < 1.29 is 18.0 Å². The average molecular weight is 471 g/mol. The van der Waals surface area contributed by atoms with Gasteiger partial charge in [0.1, 0.15) is 5.82 Å². The largest absolute Gasteiger partial charge is 0.410 e. The monoisotopic (exact) mass is 470 g/mol. The fraction of sp³-hybridized carbons (Fsp3) is 0.385. The lowest BCUT2D eigenvalue weighted by Gasteiger charge is -2.34. The molecule has 0 spiro atoms. The summed E-state index contributed by atoms with van der Waals surface area (Å²) in [5, 5.41) is 7.03. The molecule has 1 N–H and O–H groups in total. The topological polar surface area (TPSA) is 50.2 Å². The number of aryl methyl sites for hydroxylation is 2. The van der Waals surface area contributed by atoms with Crippen LogP contribution >= 0.6 is 0 Å². The van der Waals surface area contributed by atoms with Crippen LogP contribution < -0.4 is 5.32 Å². The fourth-order valence-electron chi connectivity index (χ4n) is 4.80. The summed E-state index contributed by atoms with van der Waals surface area (Å²) in [4.78, 5) is 12.7. The number of amides is 1. The maximum absolute atomic E-state index is 13.2. The predicted molar refractivity (Wildman–Crippen MR) is 125 cm³/mol. The molecule has 2 aliphatic rings. The average Bonchev–Trinajstić information content (AvgIpc) is 3.46. The Morgan fingerprint density at radius 3 is 2.41 bits per heavy atom. The molecule has 5 rings (SSSR count). The molecule has 5 nitrogen and oxygen atoms in total. The number of carbonyl (C=O) groups excluding carboxylic acids is 1. The van der Waals surface area contributed by atoms with Gasteiger partial charge in [0, 0.05) is 18.5 Å². The minimum absolute atomic E-state index is 0.0539. The van der Waals surface area contributed by atoms with Crippen LogP contribution in [0.25, 0.3) is 0 Å². The molecule has 3 aromatic rings. The van der Waals surface area contributed by atoms with Gasteiger partial charge >= 0.3 is 6.18 Å². The van der Waals surface area contributed by atoms with E-state index in [2.05, 4.69) is 29.5 Å². The third kappa shape index (κ3) is 4.95. The van der Waals surface area contributed by atoms with E-state index >= 15 is 0 Å². The first-order chi connectivity index (χ1) is 16.3. The molecule has 0 bridgehead atoms. The number of nitrogens with zero attached hydrogens (tertiary/aromatic N) is 3. The van der Waals surface area contributed by atoms with Crippen molar-refractivity contribution in [2.45, 2.75) is 57.4 Å². The van der Waals surface area contributed by atoms with Crippen LogP contribution in [-0.2, 0) is 4.79 Å². The molecule has 180 valence electrons. The van der Waals surface area contributed by atoms with Crippen molar-refractivity contribution in [3.8, 4) is 0 Å². The molecular formula is C26H29F3N4O. The zero-order valence-electron chi connectivity index (χ0n) is 19.3. The molecule has 0 radical (unpaired) electrons. The van der Waals surface area contributed by atoms with Crippen LogP contribution in [0.15, 0.2) is 60.8 Å². The minimum atomic E-state index is -4.30. The molecule has 1 aromatic heterocycles. The quantitative estimate of drug-likeness (QED) is 0.468. The Labute approximate surface area is 197 Å². The lowest BCUT2D eigenvalue weighted by atomic mass is 9.97. The Bertz CT molecular complexity index is 1110. The second-order valence-electron chi connectivity index (χ2n) is 8.88. The highest BCUT2D eigenvalue weighted by atomic mass is 19.4. The summed E-state index contributed by atoms with van der Waals surface area (Å²) in [5.41, 5.74) is 4.16. The van der Waals surface area contributed by atoms with Gasteiger partial charge in [-0.2, -0.15) is 18.3 Å². The summed E-state index contributed by atoms with van der Waals surface area (Å²) in [7, 11) is 0. The molecule has 1 saturated heterocycles. The highest BCUT2D eigenvalue weighted by molar-refractivity contribution is 5.50. The summed E-state index contributed by atoms with van der Waals surface area (Å²) in [6.45, 7) is 4.77. The van der Waals surface area contributed by atoms with Crippen LogP contribution in [0.4, 0.5) is 19.0 Å². The lowest BCUT2D eigenvalue weighted by Crippen LogP contribution is -2.35. The van der Waals surface area contributed by atoms with Gasteiger partial charge in [-0.25, -0.2) is 4.68 Å². The van der Waals surface area contributed by atoms with Crippen molar-refractivity contribution in [2.24, 2.45) is 0 Å². The third-order valence-electron chi connectivity index (χ3n) is 6.60. The van der Waals surface area contributed by atoms with Crippen LogP contribution in [0.2, 0.25) is 0 Å². The first-order valence-electron chi connectivity index (χ1n) is 11.5. The summed E-state index contributed by atoms with van der Waals surface area (Å²) >= 11 is 0.